The second-order valence-electron chi connectivity index (χ2n) is 4.56. The number of thiazole rings is 1. The normalized spacial score (nSPS) is 10.5. The Labute approximate surface area is 149 Å². The number of fused-ring (bicyclic) bond motifs is 1. The molecule has 3 aromatic rings. The predicted molar refractivity (Wildman–Crippen MR) is 99.1 cm³/mol. The smallest absolute Gasteiger partial charge is 0.258 e. The molecule has 23 heavy (non-hydrogen) atoms. The van der Waals surface area contributed by atoms with Gasteiger partial charge < -0.3 is 10.4 Å². The maximum absolute atomic E-state index is 12.2. The van der Waals surface area contributed by atoms with Gasteiger partial charge in [0.05, 0.1) is 15.8 Å². The fourth-order valence-corrected chi connectivity index (χ4v) is 3.53. The maximum atomic E-state index is 12.2. The number of aromatic nitrogens is 1. The van der Waals surface area contributed by atoms with Gasteiger partial charge >= 0.3 is 0 Å². The highest BCUT2D eigenvalue weighted by molar-refractivity contribution is 9.10. The maximum Gasteiger partial charge on any atom is 0.258 e. The van der Waals surface area contributed by atoms with E-state index in [1.807, 2.05) is 6.07 Å². The van der Waals surface area contributed by atoms with Crippen LogP contribution in [0.5, 0.6) is 5.75 Å². The third-order valence-corrected chi connectivity index (χ3v) is 4.77. The molecule has 0 spiro atoms. The van der Waals surface area contributed by atoms with E-state index in [4.69, 9.17) is 12.2 Å². The molecule has 0 fully saturated rings. The molecule has 0 radical (unpaired) electrons. The van der Waals surface area contributed by atoms with E-state index in [0.29, 0.717) is 15.2 Å². The average Bonchev–Trinajstić information content (AvgIpc) is 2.88. The lowest BCUT2D eigenvalue weighted by atomic mass is 10.2. The van der Waals surface area contributed by atoms with Gasteiger partial charge in [0.1, 0.15) is 5.75 Å². The number of anilines is 1. The number of phenols is 1. The first kappa shape index (κ1) is 15.9. The van der Waals surface area contributed by atoms with Gasteiger partial charge in [0.2, 0.25) is 0 Å². The SMILES string of the molecule is O=C(NC(=S)Nc1nc2ccc(O)cc2s1)c1ccccc1Br. The molecule has 3 rings (SSSR count). The van der Waals surface area contributed by atoms with E-state index in [9.17, 15) is 9.90 Å². The van der Waals surface area contributed by atoms with Gasteiger partial charge in [-0.15, -0.1) is 0 Å². The highest BCUT2D eigenvalue weighted by atomic mass is 79.9. The van der Waals surface area contributed by atoms with Gasteiger partial charge in [0.25, 0.3) is 5.91 Å². The van der Waals surface area contributed by atoms with Crippen LogP contribution in [0.25, 0.3) is 10.2 Å². The van der Waals surface area contributed by atoms with Crippen molar-refractivity contribution in [1.29, 1.82) is 0 Å². The van der Waals surface area contributed by atoms with Crippen molar-refractivity contribution in [3.8, 4) is 5.75 Å². The zero-order valence-corrected chi connectivity index (χ0v) is 14.8. The number of nitrogens with zero attached hydrogens (tertiary/aromatic N) is 1. The molecule has 0 unspecified atom stereocenters. The van der Waals surface area contributed by atoms with Crippen LogP contribution in [-0.4, -0.2) is 21.1 Å². The minimum absolute atomic E-state index is 0.161. The summed E-state index contributed by atoms with van der Waals surface area (Å²) in [5, 5.41) is 15.7. The van der Waals surface area contributed by atoms with Crippen molar-refractivity contribution in [3.63, 3.8) is 0 Å². The summed E-state index contributed by atoms with van der Waals surface area (Å²) in [7, 11) is 0. The number of aromatic hydroxyl groups is 1. The molecule has 0 aliphatic carbocycles. The van der Waals surface area contributed by atoms with Gasteiger partial charge in [-0.05, 0) is 58.5 Å². The first-order valence-corrected chi connectivity index (χ1v) is 8.51. The molecule has 116 valence electrons. The van der Waals surface area contributed by atoms with Gasteiger partial charge in [-0.25, -0.2) is 4.98 Å². The number of nitrogens with one attached hydrogen (secondary N) is 2. The van der Waals surface area contributed by atoms with Crippen molar-refractivity contribution in [1.82, 2.24) is 10.3 Å². The number of carbonyl (C=O) groups excluding carboxylic acids is 1. The Bertz CT molecular complexity index is 911. The number of thiocarbonyl (C=S) groups is 1. The van der Waals surface area contributed by atoms with E-state index in [1.165, 1.54) is 11.3 Å². The van der Waals surface area contributed by atoms with Crippen LogP contribution in [0, 0.1) is 0 Å². The zero-order chi connectivity index (χ0) is 16.4. The van der Waals surface area contributed by atoms with E-state index >= 15 is 0 Å². The minimum atomic E-state index is -0.311. The Morgan fingerprint density at radius 2 is 2.04 bits per heavy atom. The molecule has 0 saturated carbocycles. The molecular formula is C15H10BrN3O2S2. The lowest BCUT2D eigenvalue weighted by molar-refractivity contribution is 0.0977. The molecule has 0 bridgehead atoms. The molecule has 8 heteroatoms. The first-order chi connectivity index (χ1) is 11.0. The molecule has 5 nitrogen and oxygen atoms in total. The van der Waals surface area contributed by atoms with Crippen LogP contribution in [0.15, 0.2) is 46.9 Å². The Kier molecular flexibility index (Phi) is 4.56. The summed E-state index contributed by atoms with van der Waals surface area (Å²) in [6.45, 7) is 0. The van der Waals surface area contributed by atoms with Crippen LogP contribution in [0.2, 0.25) is 0 Å². The lowest BCUT2D eigenvalue weighted by Gasteiger charge is -2.08. The molecule has 0 aliphatic heterocycles. The highest BCUT2D eigenvalue weighted by Gasteiger charge is 2.12. The molecule has 2 aromatic carbocycles. The van der Waals surface area contributed by atoms with Crippen LogP contribution in [0.3, 0.4) is 0 Å². The van der Waals surface area contributed by atoms with Crippen LogP contribution in [0.1, 0.15) is 10.4 Å². The van der Waals surface area contributed by atoms with Gasteiger partial charge in [-0.3, -0.25) is 10.1 Å². The van der Waals surface area contributed by atoms with E-state index in [1.54, 1.807) is 36.4 Å². The van der Waals surface area contributed by atoms with Crippen molar-refractivity contribution in [2.75, 3.05) is 5.32 Å². The van der Waals surface area contributed by atoms with Crippen molar-refractivity contribution in [2.45, 2.75) is 0 Å². The monoisotopic (exact) mass is 407 g/mol. The van der Waals surface area contributed by atoms with Crippen molar-refractivity contribution in [2.24, 2.45) is 0 Å². The quantitative estimate of drug-likeness (QED) is 0.561. The molecule has 0 aliphatic rings. The summed E-state index contributed by atoms with van der Waals surface area (Å²) in [5.74, 6) is -0.133. The van der Waals surface area contributed by atoms with Crippen molar-refractivity contribution in [3.05, 3.63) is 52.5 Å². The summed E-state index contributed by atoms with van der Waals surface area (Å²) in [6.07, 6.45) is 0. The minimum Gasteiger partial charge on any atom is -0.508 e. The molecule has 0 atom stereocenters. The van der Waals surface area contributed by atoms with Gasteiger partial charge in [0.15, 0.2) is 10.2 Å². The first-order valence-electron chi connectivity index (χ1n) is 6.49. The summed E-state index contributed by atoms with van der Waals surface area (Å²) in [6, 6.07) is 12.0. The van der Waals surface area contributed by atoms with Crippen LogP contribution in [-0.2, 0) is 0 Å². The molecule has 1 amide bonds. The average molecular weight is 408 g/mol. The van der Waals surface area contributed by atoms with Crippen LogP contribution >= 0.6 is 39.5 Å². The Balaban J connectivity index is 1.71. The second kappa shape index (κ2) is 6.61. The number of halogens is 1. The Morgan fingerprint density at radius 1 is 1.26 bits per heavy atom. The van der Waals surface area contributed by atoms with Crippen LogP contribution in [0.4, 0.5) is 5.13 Å². The highest BCUT2D eigenvalue weighted by Crippen LogP contribution is 2.28. The van der Waals surface area contributed by atoms with E-state index in [2.05, 4.69) is 31.5 Å². The number of phenolic OH excluding ortho intramolecular Hbond substituents is 1. The topological polar surface area (TPSA) is 74.2 Å². The van der Waals surface area contributed by atoms with Crippen LogP contribution < -0.4 is 10.6 Å². The summed E-state index contributed by atoms with van der Waals surface area (Å²) in [4.78, 5) is 16.5. The Hall–Kier alpha value is -2.03. The number of amides is 1. The molecular weight excluding hydrogens is 398 g/mol. The summed E-state index contributed by atoms with van der Waals surface area (Å²) >= 11 is 9.81. The number of benzene rings is 2. The van der Waals surface area contributed by atoms with E-state index in [0.717, 1.165) is 10.2 Å². The molecule has 0 saturated heterocycles. The third kappa shape index (κ3) is 3.66. The van der Waals surface area contributed by atoms with E-state index < -0.39 is 0 Å². The fraction of sp³-hybridized carbons (Fsp3) is 0. The summed E-state index contributed by atoms with van der Waals surface area (Å²) in [5.41, 5.74) is 1.24. The van der Waals surface area contributed by atoms with Gasteiger partial charge in [0, 0.05) is 4.47 Å². The second-order valence-corrected chi connectivity index (χ2v) is 6.85. The predicted octanol–water partition coefficient (Wildman–Crippen LogP) is 3.89. The molecule has 3 N–H and O–H groups in total. The Morgan fingerprint density at radius 3 is 2.83 bits per heavy atom. The van der Waals surface area contributed by atoms with Gasteiger partial charge in [-0.1, -0.05) is 23.5 Å². The standard InChI is InChI=1S/C15H10BrN3O2S2/c16-10-4-2-1-3-9(10)13(21)18-14(22)19-15-17-11-6-5-8(20)7-12(11)23-15/h1-7,20H,(H2,17,18,19,21,22). The zero-order valence-electron chi connectivity index (χ0n) is 11.5. The van der Waals surface area contributed by atoms with Crippen molar-refractivity contribution >= 4 is 65.9 Å². The lowest BCUT2D eigenvalue weighted by Crippen LogP contribution is -2.34. The number of hydrogen-bond donors (Lipinski definition) is 3. The van der Waals surface area contributed by atoms with Gasteiger partial charge in [-0.2, -0.15) is 0 Å². The number of carbonyl (C=O) groups is 1. The largest absolute Gasteiger partial charge is 0.508 e. The van der Waals surface area contributed by atoms with E-state index in [-0.39, 0.29) is 16.8 Å². The molecule has 1 aromatic heterocycles. The number of rotatable bonds is 2. The van der Waals surface area contributed by atoms with Crippen molar-refractivity contribution < 1.29 is 9.90 Å². The fourth-order valence-electron chi connectivity index (χ4n) is 1.91. The third-order valence-electron chi connectivity index (χ3n) is 2.94. The summed E-state index contributed by atoms with van der Waals surface area (Å²) < 4.78 is 1.52. The molecule has 1 heterocycles. The number of hydrogen-bond acceptors (Lipinski definition) is 5.